The van der Waals surface area contributed by atoms with Gasteiger partial charge < -0.3 is 9.64 Å². The second-order valence-electron chi connectivity index (χ2n) is 2.81. The molecule has 13 heavy (non-hydrogen) atoms. The Morgan fingerprint density at radius 1 is 1.23 bits per heavy atom. The predicted octanol–water partition coefficient (Wildman–Crippen LogP) is 3.07. The summed E-state index contributed by atoms with van der Waals surface area (Å²) in [7, 11) is 5.37. The average molecular weight is 220 g/mol. The highest BCUT2D eigenvalue weighted by molar-refractivity contribution is 6.38. The third-order valence-electron chi connectivity index (χ3n) is 1.71. The molecule has 0 unspecified atom stereocenters. The van der Waals surface area contributed by atoms with E-state index in [4.69, 9.17) is 27.9 Å². The van der Waals surface area contributed by atoms with E-state index in [0.29, 0.717) is 15.8 Å². The molecule has 4 heteroatoms. The maximum atomic E-state index is 6.06. The van der Waals surface area contributed by atoms with Crippen LogP contribution in [0.1, 0.15) is 0 Å². The molecule has 0 aromatic heterocycles. The van der Waals surface area contributed by atoms with Gasteiger partial charge in [-0.2, -0.15) is 0 Å². The molecule has 0 fully saturated rings. The smallest absolute Gasteiger partial charge is 0.158 e. The normalized spacial score (nSPS) is 9.92. The Labute approximate surface area is 88.0 Å². The highest BCUT2D eigenvalue weighted by atomic mass is 35.5. The molecule has 0 bridgehead atoms. The molecule has 2 nitrogen and oxygen atoms in total. The zero-order valence-electron chi connectivity index (χ0n) is 7.77. The van der Waals surface area contributed by atoms with Crippen LogP contribution in [0, 0.1) is 0 Å². The number of anilines is 1. The van der Waals surface area contributed by atoms with E-state index < -0.39 is 0 Å². The van der Waals surface area contributed by atoms with Crippen LogP contribution in [-0.4, -0.2) is 21.2 Å². The maximum Gasteiger partial charge on any atom is 0.158 e. The second-order valence-corrected chi connectivity index (χ2v) is 3.59. The Balaban J connectivity index is 3.27. The Hall–Kier alpha value is -0.600. The van der Waals surface area contributed by atoms with E-state index in [1.807, 2.05) is 25.1 Å². The van der Waals surface area contributed by atoms with Gasteiger partial charge in [-0.25, -0.2) is 0 Å². The summed E-state index contributed by atoms with van der Waals surface area (Å²) < 4.78 is 5.08. The maximum absolute atomic E-state index is 6.06. The third-order valence-corrected chi connectivity index (χ3v) is 2.38. The molecular weight excluding hydrogens is 209 g/mol. The van der Waals surface area contributed by atoms with Crippen LogP contribution in [0.2, 0.25) is 10.0 Å². The van der Waals surface area contributed by atoms with Crippen molar-refractivity contribution in [2.45, 2.75) is 0 Å². The number of rotatable bonds is 2. The summed E-state index contributed by atoms with van der Waals surface area (Å²) in [6.07, 6.45) is 0. The quantitative estimate of drug-likeness (QED) is 0.759. The van der Waals surface area contributed by atoms with Gasteiger partial charge in [0.2, 0.25) is 0 Å². The van der Waals surface area contributed by atoms with Crippen molar-refractivity contribution >= 4 is 28.9 Å². The second kappa shape index (κ2) is 4.07. The van der Waals surface area contributed by atoms with E-state index in [0.717, 1.165) is 5.69 Å². The van der Waals surface area contributed by atoms with Crippen molar-refractivity contribution in [1.82, 2.24) is 0 Å². The van der Waals surface area contributed by atoms with E-state index in [1.165, 1.54) is 0 Å². The van der Waals surface area contributed by atoms with Crippen LogP contribution in [0.25, 0.3) is 0 Å². The molecule has 1 rings (SSSR count). The number of hydrogen-bond donors (Lipinski definition) is 0. The molecular formula is C9H11Cl2NO. The number of hydrogen-bond acceptors (Lipinski definition) is 2. The number of benzene rings is 1. The van der Waals surface area contributed by atoms with E-state index in [9.17, 15) is 0 Å². The van der Waals surface area contributed by atoms with Gasteiger partial charge in [0.25, 0.3) is 0 Å². The fraction of sp³-hybridized carbons (Fsp3) is 0.333. The van der Waals surface area contributed by atoms with E-state index in [1.54, 1.807) is 13.2 Å². The van der Waals surface area contributed by atoms with Gasteiger partial charge >= 0.3 is 0 Å². The first-order valence-electron chi connectivity index (χ1n) is 3.77. The van der Waals surface area contributed by atoms with Gasteiger partial charge in [-0.3, -0.25) is 0 Å². The van der Waals surface area contributed by atoms with Gasteiger partial charge in [-0.05, 0) is 12.1 Å². The van der Waals surface area contributed by atoms with Crippen molar-refractivity contribution in [3.8, 4) is 5.75 Å². The van der Waals surface area contributed by atoms with Gasteiger partial charge in [-0.1, -0.05) is 23.2 Å². The first kappa shape index (κ1) is 10.5. The van der Waals surface area contributed by atoms with Crippen molar-refractivity contribution in [3.63, 3.8) is 0 Å². The number of ether oxygens (including phenoxy) is 1. The fourth-order valence-electron chi connectivity index (χ4n) is 1.05. The van der Waals surface area contributed by atoms with E-state index >= 15 is 0 Å². The van der Waals surface area contributed by atoms with Gasteiger partial charge in [0, 0.05) is 14.1 Å². The summed E-state index contributed by atoms with van der Waals surface area (Å²) in [6.45, 7) is 0. The molecule has 0 saturated carbocycles. The Morgan fingerprint density at radius 3 is 2.31 bits per heavy atom. The Morgan fingerprint density at radius 2 is 1.85 bits per heavy atom. The summed E-state index contributed by atoms with van der Waals surface area (Å²) in [4.78, 5) is 1.90. The molecule has 0 radical (unpaired) electrons. The van der Waals surface area contributed by atoms with Crippen LogP contribution in [0.3, 0.4) is 0 Å². The lowest BCUT2D eigenvalue weighted by molar-refractivity contribution is 0.415. The summed E-state index contributed by atoms with van der Waals surface area (Å²) in [6, 6.07) is 3.62. The summed E-state index contributed by atoms with van der Waals surface area (Å²) in [5.41, 5.74) is 0.892. The highest BCUT2D eigenvalue weighted by Gasteiger charge is 2.11. The monoisotopic (exact) mass is 219 g/mol. The third kappa shape index (κ3) is 2.01. The fourth-order valence-corrected chi connectivity index (χ4v) is 1.75. The minimum atomic E-state index is 0.523. The van der Waals surface area contributed by atoms with Crippen molar-refractivity contribution in [3.05, 3.63) is 22.2 Å². The molecule has 72 valence electrons. The number of methoxy groups -OCH3 is 1. The lowest BCUT2D eigenvalue weighted by Crippen LogP contribution is -2.09. The van der Waals surface area contributed by atoms with Crippen LogP contribution in [0.15, 0.2) is 12.1 Å². The lowest BCUT2D eigenvalue weighted by atomic mass is 10.3. The summed E-state index contributed by atoms with van der Waals surface area (Å²) in [5.74, 6) is 0.523. The minimum absolute atomic E-state index is 0.523. The first-order valence-corrected chi connectivity index (χ1v) is 4.52. The summed E-state index contributed by atoms with van der Waals surface area (Å²) >= 11 is 11.9. The molecule has 0 heterocycles. The zero-order chi connectivity index (χ0) is 10.0. The standard InChI is InChI=1S/C9H11Cl2NO/c1-12(2)7-5-4-6(10)9(13-3)8(7)11/h4-5H,1-3H3. The molecule has 0 saturated heterocycles. The lowest BCUT2D eigenvalue weighted by Gasteiger charge is -2.16. The molecule has 0 aliphatic heterocycles. The van der Waals surface area contributed by atoms with Crippen LogP contribution >= 0.6 is 23.2 Å². The van der Waals surface area contributed by atoms with Crippen molar-refractivity contribution in [1.29, 1.82) is 0 Å². The van der Waals surface area contributed by atoms with Crippen LogP contribution in [0.4, 0.5) is 5.69 Å². The largest absolute Gasteiger partial charge is 0.494 e. The SMILES string of the molecule is COc1c(Cl)ccc(N(C)C)c1Cl. The van der Waals surface area contributed by atoms with E-state index in [2.05, 4.69) is 0 Å². The summed E-state index contributed by atoms with van der Waals surface area (Å²) in [5, 5.41) is 1.07. The topological polar surface area (TPSA) is 12.5 Å². The van der Waals surface area contributed by atoms with Crippen LogP contribution < -0.4 is 9.64 Å². The van der Waals surface area contributed by atoms with Crippen molar-refractivity contribution in [2.75, 3.05) is 26.1 Å². The first-order chi connectivity index (χ1) is 6.07. The van der Waals surface area contributed by atoms with Crippen molar-refractivity contribution in [2.24, 2.45) is 0 Å². The predicted molar refractivity (Wildman–Crippen MR) is 57.3 cm³/mol. The van der Waals surface area contributed by atoms with E-state index in [-0.39, 0.29) is 0 Å². The average Bonchev–Trinajstić information content (AvgIpc) is 2.04. The van der Waals surface area contributed by atoms with Gasteiger partial charge in [0.05, 0.1) is 17.8 Å². The van der Waals surface area contributed by atoms with Gasteiger partial charge in [0.1, 0.15) is 5.02 Å². The molecule has 0 aliphatic rings. The molecule has 1 aromatic carbocycles. The number of halogens is 2. The number of nitrogens with zero attached hydrogens (tertiary/aromatic N) is 1. The molecule has 0 spiro atoms. The highest BCUT2D eigenvalue weighted by Crippen LogP contribution is 2.38. The van der Waals surface area contributed by atoms with Crippen LogP contribution in [0.5, 0.6) is 5.75 Å². The molecule has 0 atom stereocenters. The molecule has 0 amide bonds. The Bertz CT molecular complexity index is 313. The van der Waals surface area contributed by atoms with Gasteiger partial charge in [0.15, 0.2) is 5.75 Å². The van der Waals surface area contributed by atoms with Crippen LogP contribution in [-0.2, 0) is 0 Å². The minimum Gasteiger partial charge on any atom is -0.494 e. The molecule has 1 aromatic rings. The van der Waals surface area contributed by atoms with Crippen molar-refractivity contribution < 1.29 is 4.74 Å². The zero-order valence-corrected chi connectivity index (χ0v) is 9.28. The van der Waals surface area contributed by atoms with Gasteiger partial charge in [-0.15, -0.1) is 0 Å². The molecule has 0 aliphatic carbocycles. The molecule has 0 N–H and O–H groups in total. The Kier molecular flexibility index (Phi) is 3.28.